The van der Waals surface area contributed by atoms with Crippen LogP contribution in [0.5, 0.6) is 0 Å². The number of carboxylic acid groups (broad SMARTS) is 2. The van der Waals surface area contributed by atoms with E-state index < -0.39 is 11.9 Å². The first-order chi connectivity index (χ1) is 9.13. The second-order valence-electron chi connectivity index (χ2n) is 3.45. The van der Waals surface area contributed by atoms with Crippen molar-refractivity contribution in [3.8, 4) is 0 Å². The minimum Gasteiger partial charge on any atom is -0.481 e. The van der Waals surface area contributed by atoms with E-state index in [1.54, 1.807) is 0 Å². The summed E-state index contributed by atoms with van der Waals surface area (Å²) in [6, 6.07) is 0. The fraction of sp³-hybridized carbons (Fsp3) is 0.818. The van der Waals surface area contributed by atoms with Gasteiger partial charge in [0.15, 0.2) is 0 Å². The molecule has 0 unspecified atom stereocenters. The van der Waals surface area contributed by atoms with Crippen LogP contribution in [0.15, 0.2) is 0 Å². The first kappa shape index (κ1) is 17.8. The number of aliphatic carboxylic acids is 2. The van der Waals surface area contributed by atoms with Gasteiger partial charge < -0.3 is 29.2 Å². The Hall–Kier alpha value is -1.22. The van der Waals surface area contributed by atoms with Crippen LogP contribution in [-0.4, -0.2) is 68.6 Å². The molecule has 0 atom stereocenters. The number of hydrogen-bond donors (Lipinski definition) is 2. The third-order valence-electron chi connectivity index (χ3n) is 1.83. The Kier molecular flexibility index (Phi) is 12.4. The predicted octanol–water partition coefficient (Wildman–Crippen LogP) is -0.0403. The fourth-order valence-electron chi connectivity index (χ4n) is 0.936. The van der Waals surface area contributed by atoms with Gasteiger partial charge in [0.25, 0.3) is 0 Å². The number of hydrogen-bond acceptors (Lipinski definition) is 6. The van der Waals surface area contributed by atoms with Crippen molar-refractivity contribution in [3.63, 3.8) is 0 Å². The summed E-state index contributed by atoms with van der Waals surface area (Å²) in [4.78, 5) is 20.3. The lowest BCUT2D eigenvalue weighted by Gasteiger charge is -2.06. The molecule has 0 aliphatic rings. The maximum Gasteiger partial charge on any atom is 0.305 e. The van der Waals surface area contributed by atoms with Gasteiger partial charge in [-0.1, -0.05) is 0 Å². The molecule has 0 spiro atoms. The van der Waals surface area contributed by atoms with E-state index >= 15 is 0 Å². The Morgan fingerprint density at radius 3 is 1.37 bits per heavy atom. The summed E-state index contributed by atoms with van der Waals surface area (Å²) in [5.41, 5.74) is 0. The molecule has 0 aromatic carbocycles. The Labute approximate surface area is 111 Å². The Morgan fingerprint density at radius 2 is 1.00 bits per heavy atom. The van der Waals surface area contributed by atoms with Crippen LogP contribution in [0.3, 0.4) is 0 Å². The van der Waals surface area contributed by atoms with Gasteiger partial charge in [-0.25, -0.2) is 0 Å². The molecular weight excluding hydrogens is 260 g/mol. The molecule has 0 saturated carbocycles. The maximum atomic E-state index is 10.1. The summed E-state index contributed by atoms with van der Waals surface area (Å²) < 4.78 is 20.1. The Balaban J connectivity index is 2.99. The van der Waals surface area contributed by atoms with Crippen molar-refractivity contribution >= 4 is 11.9 Å². The van der Waals surface area contributed by atoms with E-state index in [4.69, 9.17) is 29.2 Å². The van der Waals surface area contributed by atoms with Gasteiger partial charge in [0.1, 0.15) is 6.79 Å². The van der Waals surface area contributed by atoms with Gasteiger partial charge in [0, 0.05) is 0 Å². The first-order valence-electron chi connectivity index (χ1n) is 5.87. The molecule has 0 saturated heterocycles. The van der Waals surface area contributed by atoms with Gasteiger partial charge in [-0.2, -0.15) is 0 Å². The van der Waals surface area contributed by atoms with E-state index in [0.29, 0.717) is 26.4 Å². The highest BCUT2D eigenvalue weighted by atomic mass is 16.7. The highest BCUT2D eigenvalue weighted by Gasteiger charge is 1.97. The van der Waals surface area contributed by atoms with Crippen LogP contribution in [0.2, 0.25) is 0 Å². The highest BCUT2D eigenvalue weighted by molar-refractivity contribution is 5.66. The molecule has 0 rings (SSSR count). The largest absolute Gasteiger partial charge is 0.481 e. The van der Waals surface area contributed by atoms with Crippen LogP contribution in [0, 0.1) is 0 Å². The van der Waals surface area contributed by atoms with Gasteiger partial charge in [-0.05, 0) is 0 Å². The third kappa shape index (κ3) is 16.8. The summed E-state index contributed by atoms with van der Waals surface area (Å²) in [5.74, 6) is -1.79. The first-order valence-corrected chi connectivity index (χ1v) is 5.87. The summed E-state index contributed by atoms with van der Waals surface area (Å²) in [6.45, 7) is 1.68. The summed E-state index contributed by atoms with van der Waals surface area (Å²) in [5, 5.41) is 16.7. The van der Waals surface area contributed by atoms with E-state index in [0.717, 1.165) is 0 Å². The molecule has 0 heterocycles. The SMILES string of the molecule is O=C(O)CCOCCOCOCCOCCC(=O)O. The molecule has 0 bridgehead atoms. The molecule has 0 aliphatic heterocycles. The smallest absolute Gasteiger partial charge is 0.305 e. The summed E-state index contributed by atoms with van der Waals surface area (Å²) in [6.07, 6.45) is -0.0473. The van der Waals surface area contributed by atoms with Crippen LogP contribution < -0.4 is 0 Å². The summed E-state index contributed by atoms with van der Waals surface area (Å²) in [7, 11) is 0. The topological polar surface area (TPSA) is 112 Å². The molecular formula is C11H20O8. The molecule has 112 valence electrons. The zero-order valence-corrected chi connectivity index (χ0v) is 10.7. The normalized spacial score (nSPS) is 10.5. The molecule has 2 N–H and O–H groups in total. The molecule has 0 radical (unpaired) electrons. The molecule has 0 aromatic rings. The number of ether oxygens (including phenoxy) is 4. The second kappa shape index (κ2) is 13.2. The molecule has 19 heavy (non-hydrogen) atoms. The van der Waals surface area contributed by atoms with Gasteiger partial charge in [-0.15, -0.1) is 0 Å². The third-order valence-corrected chi connectivity index (χ3v) is 1.83. The molecule has 8 heteroatoms. The van der Waals surface area contributed by atoms with Crippen molar-refractivity contribution in [1.82, 2.24) is 0 Å². The lowest BCUT2D eigenvalue weighted by molar-refractivity contribution is -0.139. The van der Waals surface area contributed by atoms with Gasteiger partial charge >= 0.3 is 11.9 Å². The number of carboxylic acids is 2. The Morgan fingerprint density at radius 1 is 0.632 bits per heavy atom. The van der Waals surface area contributed by atoms with Crippen LogP contribution >= 0.6 is 0 Å². The fourth-order valence-corrected chi connectivity index (χ4v) is 0.936. The van der Waals surface area contributed by atoms with Crippen LogP contribution in [-0.2, 0) is 28.5 Å². The Bertz CT molecular complexity index is 219. The minimum absolute atomic E-state index is 0.0236. The summed E-state index contributed by atoms with van der Waals surface area (Å²) >= 11 is 0. The van der Waals surface area contributed by atoms with E-state index in [1.165, 1.54) is 0 Å². The molecule has 8 nitrogen and oxygen atoms in total. The van der Waals surface area contributed by atoms with Crippen molar-refractivity contribution < 1.29 is 38.7 Å². The second-order valence-corrected chi connectivity index (χ2v) is 3.45. The average molecular weight is 280 g/mol. The average Bonchev–Trinajstić information content (AvgIpc) is 2.34. The number of rotatable bonds is 14. The van der Waals surface area contributed by atoms with Crippen molar-refractivity contribution in [2.24, 2.45) is 0 Å². The molecule has 0 fully saturated rings. The quantitative estimate of drug-likeness (QED) is 0.337. The van der Waals surface area contributed by atoms with Gasteiger partial charge in [-0.3, -0.25) is 9.59 Å². The van der Waals surface area contributed by atoms with Crippen molar-refractivity contribution in [1.29, 1.82) is 0 Å². The van der Waals surface area contributed by atoms with Crippen molar-refractivity contribution in [2.75, 3.05) is 46.4 Å². The number of carbonyl (C=O) groups is 2. The zero-order chi connectivity index (χ0) is 14.3. The van der Waals surface area contributed by atoms with E-state index in [1.807, 2.05) is 0 Å². The minimum atomic E-state index is -0.896. The van der Waals surface area contributed by atoms with E-state index in [9.17, 15) is 9.59 Å². The van der Waals surface area contributed by atoms with E-state index in [2.05, 4.69) is 0 Å². The lowest BCUT2D eigenvalue weighted by Crippen LogP contribution is -2.12. The monoisotopic (exact) mass is 280 g/mol. The standard InChI is InChI=1S/C11H20O8/c12-10(13)1-3-16-5-7-18-9-19-8-6-17-4-2-11(14)15/h1-9H2,(H,12,13)(H,14,15). The van der Waals surface area contributed by atoms with Gasteiger partial charge in [0.05, 0.1) is 52.5 Å². The predicted molar refractivity (Wildman–Crippen MR) is 62.9 cm³/mol. The van der Waals surface area contributed by atoms with Gasteiger partial charge in [0.2, 0.25) is 0 Å². The molecule has 0 amide bonds. The zero-order valence-electron chi connectivity index (χ0n) is 10.7. The maximum absolute atomic E-state index is 10.1. The van der Waals surface area contributed by atoms with Crippen LogP contribution in [0.4, 0.5) is 0 Å². The highest BCUT2D eigenvalue weighted by Crippen LogP contribution is 1.86. The molecule has 0 aromatic heterocycles. The molecule has 0 aliphatic carbocycles. The van der Waals surface area contributed by atoms with Crippen molar-refractivity contribution in [3.05, 3.63) is 0 Å². The van der Waals surface area contributed by atoms with Crippen LogP contribution in [0.1, 0.15) is 12.8 Å². The van der Waals surface area contributed by atoms with E-state index in [-0.39, 0.29) is 32.8 Å². The lowest BCUT2D eigenvalue weighted by atomic mass is 10.5. The van der Waals surface area contributed by atoms with Crippen molar-refractivity contribution in [2.45, 2.75) is 12.8 Å². The van der Waals surface area contributed by atoms with Crippen LogP contribution in [0.25, 0.3) is 0 Å².